The largest absolute Gasteiger partial charge is 0.344 e. The summed E-state index contributed by atoms with van der Waals surface area (Å²) in [6.07, 6.45) is 0.933. The average Bonchev–Trinajstić information content (AvgIpc) is 3.58. The van der Waals surface area contributed by atoms with Crippen molar-refractivity contribution in [3.8, 4) is 11.1 Å². The second-order valence-corrected chi connectivity index (χ2v) is 14.1. The van der Waals surface area contributed by atoms with Crippen LogP contribution in [-0.4, -0.2) is 39.2 Å². The van der Waals surface area contributed by atoms with E-state index in [0.29, 0.717) is 38.9 Å². The second kappa shape index (κ2) is 10.5. The number of fused-ring (bicyclic) bond motifs is 1. The highest BCUT2D eigenvalue weighted by atomic mass is 35.5. The van der Waals surface area contributed by atoms with Gasteiger partial charge < -0.3 is 4.90 Å². The lowest BCUT2D eigenvalue weighted by Gasteiger charge is -2.18. The molecule has 208 valence electrons. The smallest absolute Gasteiger partial charge is 0.264 e. The molecule has 1 aliphatic carbocycles. The van der Waals surface area contributed by atoms with Gasteiger partial charge in [-0.25, -0.2) is 8.42 Å². The zero-order valence-electron chi connectivity index (χ0n) is 22.5. The number of amides is 2. The van der Waals surface area contributed by atoms with E-state index < -0.39 is 21.3 Å². The highest BCUT2D eigenvalue weighted by Crippen LogP contribution is 2.53. The fraction of sp³-hybridized carbons (Fsp3) is 0.267. The van der Waals surface area contributed by atoms with Crippen molar-refractivity contribution in [1.82, 2.24) is 9.62 Å². The molecule has 1 aliphatic rings. The lowest BCUT2D eigenvalue weighted by Crippen LogP contribution is -2.39. The number of hydrogen-bond donors (Lipinski definition) is 1. The molecule has 0 spiro atoms. The normalized spacial score (nSPS) is 14.2. The molecule has 0 atom stereocenters. The Kier molecular flexibility index (Phi) is 7.50. The quantitative estimate of drug-likeness (QED) is 0.246. The Morgan fingerprint density at radius 2 is 1.62 bits per heavy atom. The Bertz CT molecular complexity index is 1750. The summed E-state index contributed by atoms with van der Waals surface area (Å²) in [5.74, 6) is -1.09. The van der Waals surface area contributed by atoms with E-state index in [-0.39, 0.29) is 11.7 Å². The van der Waals surface area contributed by atoms with E-state index in [4.69, 9.17) is 23.2 Å². The minimum absolute atomic E-state index is 0.0877. The van der Waals surface area contributed by atoms with Crippen molar-refractivity contribution in [3.05, 3.63) is 91.8 Å². The first-order chi connectivity index (χ1) is 18.8. The van der Waals surface area contributed by atoms with Crippen LogP contribution in [0.2, 0.25) is 10.0 Å². The first kappa shape index (κ1) is 28.6. The maximum Gasteiger partial charge on any atom is 0.264 e. The monoisotopic (exact) mass is 614 g/mol. The van der Waals surface area contributed by atoms with Gasteiger partial charge in [-0.15, -0.1) is 11.3 Å². The minimum atomic E-state index is -4.00. The van der Waals surface area contributed by atoms with Crippen LogP contribution in [0.5, 0.6) is 0 Å². The first-order valence-electron chi connectivity index (χ1n) is 12.7. The number of rotatable bonds is 7. The van der Waals surface area contributed by atoms with Gasteiger partial charge in [-0.1, -0.05) is 65.2 Å². The summed E-state index contributed by atoms with van der Waals surface area (Å²) in [5.41, 5.74) is 3.78. The molecule has 0 bridgehead atoms. The number of sulfonamides is 1. The standard InChI is InChI=1S/C30H28Cl2N2O4S2/c1-17-14-18(2)26-21(15-17)24(27(39-26)28(35)34(3)4)20-10-8-19(9-11-20)16-40(37,38)33-29(36)30(12-13-30)25-22(31)6-5-7-23(25)32/h5-11,14-15H,12-13,16H2,1-4H3,(H,33,36). The number of aryl methyl sites for hydroxylation is 2. The molecule has 4 aromatic rings. The van der Waals surface area contributed by atoms with Crippen LogP contribution in [0.3, 0.4) is 0 Å². The molecule has 0 saturated heterocycles. The van der Waals surface area contributed by atoms with E-state index in [9.17, 15) is 18.0 Å². The van der Waals surface area contributed by atoms with E-state index in [2.05, 4.69) is 16.9 Å². The molecular weight excluding hydrogens is 587 g/mol. The van der Waals surface area contributed by atoms with E-state index in [1.54, 1.807) is 49.3 Å². The number of nitrogens with one attached hydrogen (secondary N) is 1. The molecule has 1 aromatic heterocycles. The van der Waals surface area contributed by atoms with Crippen molar-refractivity contribution >= 4 is 66.5 Å². The maximum atomic E-state index is 13.1. The van der Waals surface area contributed by atoms with Gasteiger partial charge in [0.05, 0.1) is 11.2 Å². The van der Waals surface area contributed by atoms with Gasteiger partial charge in [0, 0.05) is 45.4 Å². The van der Waals surface area contributed by atoms with Crippen LogP contribution in [0, 0.1) is 13.8 Å². The van der Waals surface area contributed by atoms with Crippen LogP contribution in [0.25, 0.3) is 21.2 Å². The molecule has 1 saturated carbocycles. The first-order valence-corrected chi connectivity index (χ1v) is 15.9. The third-order valence-electron chi connectivity index (χ3n) is 7.19. The van der Waals surface area contributed by atoms with Gasteiger partial charge in [0.1, 0.15) is 4.88 Å². The average molecular weight is 616 g/mol. The topological polar surface area (TPSA) is 83.6 Å². The lowest BCUT2D eigenvalue weighted by molar-refractivity contribution is -0.121. The highest BCUT2D eigenvalue weighted by Gasteiger charge is 2.54. The van der Waals surface area contributed by atoms with Crippen molar-refractivity contribution in [2.75, 3.05) is 14.1 Å². The number of carbonyl (C=O) groups excluding carboxylic acids is 2. The fourth-order valence-corrected chi connectivity index (χ4v) is 8.36. The number of nitrogens with zero attached hydrogens (tertiary/aromatic N) is 1. The summed E-state index contributed by atoms with van der Waals surface area (Å²) in [6.45, 7) is 4.06. The van der Waals surface area contributed by atoms with Gasteiger partial charge in [0.25, 0.3) is 5.91 Å². The third-order valence-corrected chi connectivity index (χ3v) is 10.4. The Hall–Kier alpha value is -2.91. The zero-order chi connectivity index (χ0) is 29.0. The highest BCUT2D eigenvalue weighted by molar-refractivity contribution is 7.89. The molecule has 0 unspecified atom stereocenters. The Balaban J connectivity index is 1.42. The molecule has 0 aliphatic heterocycles. The van der Waals surface area contributed by atoms with Crippen molar-refractivity contribution in [3.63, 3.8) is 0 Å². The van der Waals surface area contributed by atoms with E-state index in [1.165, 1.54) is 11.3 Å². The number of halogens is 2. The molecule has 40 heavy (non-hydrogen) atoms. The number of hydrogen-bond acceptors (Lipinski definition) is 5. The Labute approximate surface area is 248 Å². The number of carbonyl (C=O) groups is 2. The summed E-state index contributed by atoms with van der Waals surface area (Å²) in [7, 11) is -0.552. The van der Waals surface area contributed by atoms with Crippen LogP contribution in [0.4, 0.5) is 0 Å². The van der Waals surface area contributed by atoms with Gasteiger partial charge >= 0.3 is 0 Å². The molecule has 6 nitrogen and oxygen atoms in total. The van der Waals surface area contributed by atoms with Gasteiger partial charge in [-0.2, -0.15) is 0 Å². The molecule has 1 heterocycles. The van der Waals surface area contributed by atoms with E-state index in [0.717, 1.165) is 32.3 Å². The van der Waals surface area contributed by atoms with Gasteiger partial charge in [-0.3, -0.25) is 14.3 Å². The molecule has 3 aromatic carbocycles. The third kappa shape index (κ3) is 5.26. The summed E-state index contributed by atoms with van der Waals surface area (Å²) in [6, 6.07) is 16.2. The number of benzene rings is 3. The van der Waals surface area contributed by atoms with Crippen molar-refractivity contribution in [2.24, 2.45) is 0 Å². The maximum absolute atomic E-state index is 13.1. The fourth-order valence-electron chi connectivity index (χ4n) is 5.12. The predicted octanol–water partition coefficient (Wildman–Crippen LogP) is 6.87. The van der Waals surface area contributed by atoms with Gasteiger partial charge in [0.15, 0.2) is 0 Å². The van der Waals surface area contributed by atoms with E-state index >= 15 is 0 Å². The predicted molar refractivity (Wildman–Crippen MR) is 163 cm³/mol. The van der Waals surface area contributed by atoms with Crippen molar-refractivity contribution in [1.29, 1.82) is 0 Å². The van der Waals surface area contributed by atoms with Crippen LogP contribution in [-0.2, 0) is 26.0 Å². The Morgan fingerprint density at radius 1 is 1.00 bits per heavy atom. The van der Waals surface area contributed by atoms with Crippen LogP contribution < -0.4 is 4.72 Å². The van der Waals surface area contributed by atoms with Crippen LogP contribution >= 0.6 is 34.5 Å². The second-order valence-electron chi connectivity index (χ2n) is 10.5. The molecule has 1 fully saturated rings. The Morgan fingerprint density at radius 3 is 2.20 bits per heavy atom. The van der Waals surface area contributed by atoms with Crippen molar-refractivity contribution < 1.29 is 18.0 Å². The molecule has 1 N–H and O–H groups in total. The zero-order valence-corrected chi connectivity index (χ0v) is 25.6. The molecule has 5 rings (SSSR count). The summed E-state index contributed by atoms with van der Waals surface area (Å²) in [5, 5.41) is 1.67. The summed E-state index contributed by atoms with van der Waals surface area (Å²) in [4.78, 5) is 28.4. The molecule has 2 amide bonds. The molecule has 10 heteroatoms. The summed E-state index contributed by atoms with van der Waals surface area (Å²) < 4.78 is 29.3. The van der Waals surface area contributed by atoms with Crippen molar-refractivity contribution in [2.45, 2.75) is 37.9 Å². The van der Waals surface area contributed by atoms with Crippen LogP contribution in [0.1, 0.15) is 44.8 Å². The minimum Gasteiger partial charge on any atom is -0.344 e. The lowest BCUT2D eigenvalue weighted by atomic mass is 9.95. The van der Waals surface area contributed by atoms with E-state index in [1.807, 2.05) is 26.0 Å². The van der Waals surface area contributed by atoms with Crippen LogP contribution in [0.15, 0.2) is 54.6 Å². The number of thiophene rings is 1. The molecule has 0 radical (unpaired) electrons. The molecular formula is C30H28Cl2N2O4S2. The SMILES string of the molecule is Cc1cc(C)c2sc(C(=O)N(C)C)c(-c3ccc(CS(=O)(=O)NC(=O)C4(c5c(Cl)cccc5Cl)CC4)cc3)c2c1. The summed E-state index contributed by atoms with van der Waals surface area (Å²) >= 11 is 14.1. The van der Waals surface area contributed by atoms with Gasteiger partial charge in [0.2, 0.25) is 15.9 Å². The van der Waals surface area contributed by atoms with Gasteiger partial charge in [-0.05, 0) is 61.6 Å².